The molecule has 1 saturated heterocycles. The Kier molecular flexibility index (Phi) is 5.36. The number of rotatable bonds is 4. The summed E-state index contributed by atoms with van der Waals surface area (Å²) in [6.07, 6.45) is 0. The van der Waals surface area contributed by atoms with E-state index in [2.05, 4.69) is 9.97 Å². The van der Waals surface area contributed by atoms with E-state index in [1.165, 1.54) is 10.4 Å². The molecule has 0 amide bonds. The number of sulfonamides is 1. The van der Waals surface area contributed by atoms with Crippen LogP contribution in [0, 0.1) is 13.8 Å². The fourth-order valence-corrected chi connectivity index (χ4v) is 4.53. The van der Waals surface area contributed by atoms with Gasteiger partial charge in [0.15, 0.2) is 0 Å². The van der Waals surface area contributed by atoms with Crippen molar-refractivity contribution in [3.63, 3.8) is 0 Å². The molecule has 1 aromatic heterocycles. The van der Waals surface area contributed by atoms with Crippen LogP contribution in [0.25, 0.3) is 0 Å². The van der Waals surface area contributed by atoms with Gasteiger partial charge in [-0.1, -0.05) is 17.7 Å². The molecule has 7 nitrogen and oxygen atoms in total. The van der Waals surface area contributed by atoms with Gasteiger partial charge in [-0.3, -0.25) is 0 Å². The number of hydrogen-bond acceptors (Lipinski definition) is 6. The lowest BCUT2D eigenvalue weighted by Gasteiger charge is -2.34. The SMILES string of the molecule is COc1cc(N2CCN(S(=O)(=O)c3ccc(C)c(Cl)c3)CC2)nc(C)n1. The third kappa shape index (κ3) is 3.77. The van der Waals surface area contributed by atoms with Gasteiger partial charge in [-0.25, -0.2) is 13.4 Å². The summed E-state index contributed by atoms with van der Waals surface area (Å²) < 4.78 is 32.4. The number of anilines is 1. The average Bonchev–Trinajstić information content (AvgIpc) is 2.63. The summed E-state index contributed by atoms with van der Waals surface area (Å²) in [6, 6.07) is 6.59. The van der Waals surface area contributed by atoms with Crippen molar-refractivity contribution in [3.8, 4) is 5.88 Å². The monoisotopic (exact) mass is 396 g/mol. The quantitative estimate of drug-likeness (QED) is 0.789. The minimum atomic E-state index is -3.56. The Morgan fingerprint density at radius 2 is 1.77 bits per heavy atom. The summed E-state index contributed by atoms with van der Waals surface area (Å²) in [5, 5.41) is 0.452. The van der Waals surface area contributed by atoms with Crippen molar-refractivity contribution >= 4 is 27.4 Å². The average molecular weight is 397 g/mol. The molecule has 2 aromatic rings. The van der Waals surface area contributed by atoms with Crippen LogP contribution in [0.4, 0.5) is 5.82 Å². The molecule has 0 spiro atoms. The molecule has 0 atom stereocenters. The summed E-state index contributed by atoms with van der Waals surface area (Å²) in [5.41, 5.74) is 0.850. The first-order valence-corrected chi connectivity index (χ1v) is 10.0. The first-order valence-electron chi connectivity index (χ1n) is 8.22. The molecule has 9 heteroatoms. The maximum absolute atomic E-state index is 12.9. The highest BCUT2D eigenvalue weighted by Crippen LogP contribution is 2.25. The molecule has 0 saturated carbocycles. The van der Waals surface area contributed by atoms with Gasteiger partial charge in [0.25, 0.3) is 0 Å². The Morgan fingerprint density at radius 3 is 2.38 bits per heavy atom. The van der Waals surface area contributed by atoms with Crippen LogP contribution in [0.5, 0.6) is 5.88 Å². The van der Waals surface area contributed by atoms with E-state index in [0.29, 0.717) is 42.9 Å². The standard InChI is InChI=1S/C17H21ClN4O3S/c1-12-4-5-14(10-15(12)18)26(23,24)22-8-6-21(7-9-22)16-11-17(25-3)20-13(2)19-16/h4-5,10-11H,6-9H2,1-3H3. The highest BCUT2D eigenvalue weighted by molar-refractivity contribution is 7.89. The second-order valence-electron chi connectivity index (χ2n) is 6.12. The van der Waals surface area contributed by atoms with Crippen LogP contribution >= 0.6 is 11.6 Å². The Morgan fingerprint density at radius 1 is 1.08 bits per heavy atom. The molecular weight excluding hydrogens is 376 g/mol. The number of aryl methyl sites for hydroxylation is 2. The predicted octanol–water partition coefficient (Wildman–Crippen LogP) is 2.27. The fourth-order valence-electron chi connectivity index (χ4n) is 2.83. The second kappa shape index (κ2) is 7.38. The minimum Gasteiger partial charge on any atom is -0.481 e. The van der Waals surface area contributed by atoms with E-state index in [1.807, 2.05) is 11.8 Å². The van der Waals surface area contributed by atoms with Gasteiger partial charge in [0, 0.05) is 37.3 Å². The molecule has 0 N–H and O–H groups in total. The molecular formula is C17H21ClN4O3S. The number of ether oxygens (including phenoxy) is 1. The Balaban J connectivity index is 1.75. The van der Waals surface area contributed by atoms with Crippen LogP contribution in [0.15, 0.2) is 29.2 Å². The first-order chi connectivity index (χ1) is 12.3. The van der Waals surface area contributed by atoms with Crippen LogP contribution in [-0.4, -0.2) is 56.0 Å². The van der Waals surface area contributed by atoms with E-state index in [9.17, 15) is 8.42 Å². The highest BCUT2D eigenvalue weighted by Gasteiger charge is 2.29. The van der Waals surface area contributed by atoms with Crippen molar-refractivity contribution in [3.05, 3.63) is 40.7 Å². The van der Waals surface area contributed by atoms with E-state index >= 15 is 0 Å². The lowest BCUT2D eigenvalue weighted by molar-refractivity contribution is 0.380. The van der Waals surface area contributed by atoms with Gasteiger partial charge in [-0.2, -0.15) is 9.29 Å². The maximum Gasteiger partial charge on any atom is 0.243 e. The van der Waals surface area contributed by atoms with Crippen molar-refractivity contribution in [1.82, 2.24) is 14.3 Å². The van der Waals surface area contributed by atoms with Crippen molar-refractivity contribution in [2.45, 2.75) is 18.7 Å². The normalized spacial score (nSPS) is 15.9. The van der Waals surface area contributed by atoms with Crippen molar-refractivity contribution in [2.75, 3.05) is 38.2 Å². The van der Waals surface area contributed by atoms with Crippen LogP contribution in [0.2, 0.25) is 5.02 Å². The zero-order valence-corrected chi connectivity index (χ0v) is 16.5. The van der Waals surface area contributed by atoms with Gasteiger partial charge in [0.2, 0.25) is 15.9 Å². The van der Waals surface area contributed by atoms with Crippen molar-refractivity contribution in [2.24, 2.45) is 0 Å². The molecule has 3 rings (SSSR count). The zero-order valence-electron chi connectivity index (χ0n) is 14.9. The van der Waals surface area contributed by atoms with Gasteiger partial charge in [0.1, 0.15) is 11.6 Å². The topological polar surface area (TPSA) is 75.6 Å². The smallest absolute Gasteiger partial charge is 0.243 e. The number of halogens is 1. The number of nitrogens with zero attached hydrogens (tertiary/aromatic N) is 4. The van der Waals surface area contributed by atoms with E-state index < -0.39 is 10.0 Å². The van der Waals surface area contributed by atoms with Crippen LogP contribution < -0.4 is 9.64 Å². The number of piperazine rings is 1. The van der Waals surface area contributed by atoms with Crippen LogP contribution in [0.3, 0.4) is 0 Å². The lowest BCUT2D eigenvalue weighted by atomic mass is 10.2. The van der Waals surface area contributed by atoms with E-state index in [1.54, 1.807) is 32.2 Å². The first kappa shape index (κ1) is 18.9. The third-order valence-corrected chi connectivity index (χ3v) is 6.66. The summed E-state index contributed by atoms with van der Waals surface area (Å²) in [5.74, 6) is 1.85. The van der Waals surface area contributed by atoms with Gasteiger partial charge >= 0.3 is 0 Å². The predicted molar refractivity (Wildman–Crippen MR) is 100 cm³/mol. The number of aromatic nitrogens is 2. The minimum absolute atomic E-state index is 0.223. The lowest BCUT2D eigenvalue weighted by Crippen LogP contribution is -2.49. The molecule has 1 fully saturated rings. The molecule has 1 aromatic carbocycles. The van der Waals surface area contributed by atoms with Crippen molar-refractivity contribution in [1.29, 1.82) is 0 Å². The van der Waals surface area contributed by atoms with E-state index in [-0.39, 0.29) is 4.90 Å². The molecule has 0 radical (unpaired) electrons. The Labute approximate surface area is 158 Å². The largest absolute Gasteiger partial charge is 0.481 e. The number of hydrogen-bond donors (Lipinski definition) is 0. The Hall–Kier alpha value is -1.90. The summed E-state index contributed by atoms with van der Waals surface area (Å²) >= 11 is 6.09. The third-order valence-electron chi connectivity index (χ3n) is 4.35. The van der Waals surface area contributed by atoms with Gasteiger partial charge in [-0.05, 0) is 31.5 Å². The van der Waals surface area contributed by atoms with E-state index in [0.717, 1.165) is 11.4 Å². The maximum atomic E-state index is 12.9. The molecule has 0 unspecified atom stereocenters. The summed E-state index contributed by atoms with van der Waals surface area (Å²) in [4.78, 5) is 10.9. The van der Waals surface area contributed by atoms with E-state index in [4.69, 9.17) is 16.3 Å². The molecule has 0 bridgehead atoms. The number of methoxy groups -OCH3 is 1. The molecule has 26 heavy (non-hydrogen) atoms. The molecule has 2 heterocycles. The van der Waals surface area contributed by atoms with Crippen LogP contribution in [-0.2, 0) is 10.0 Å². The highest BCUT2D eigenvalue weighted by atomic mass is 35.5. The van der Waals surface area contributed by atoms with Crippen LogP contribution in [0.1, 0.15) is 11.4 Å². The van der Waals surface area contributed by atoms with Gasteiger partial charge < -0.3 is 9.64 Å². The number of benzene rings is 1. The fraction of sp³-hybridized carbons (Fsp3) is 0.412. The molecule has 1 aliphatic heterocycles. The molecule has 1 aliphatic rings. The molecule has 140 valence electrons. The zero-order chi connectivity index (χ0) is 18.9. The summed E-state index contributed by atoms with van der Waals surface area (Å²) in [7, 11) is -2.00. The van der Waals surface area contributed by atoms with Crippen molar-refractivity contribution < 1.29 is 13.2 Å². The summed E-state index contributed by atoms with van der Waals surface area (Å²) in [6.45, 7) is 5.47. The van der Waals surface area contributed by atoms with Gasteiger partial charge in [-0.15, -0.1) is 0 Å². The van der Waals surface area contributed by atoms with Gasteiger partial charge in [0.05, 0.1) is 12.0 Å². The molecule has 0 aliphatic carbocycles. The Bertz CT molecular complexity index is 912. The second-order valence-corrected chi connectivity index (χ2v) is 8.46.